The van der Waals surface area contributed by atoms with E-state index in [1.807, 2.05) is 30.3 Å². The third kappa shape index (κ3) is 3.13. The SMILES string of the molecule is O=S(O)c1ccc(C2=C(c3ccc(Cl)c(Cl)c3)CCC2)cc1. The summed E-state index contributed by atoms with van der Waals surface area (Å²) in [6.45, 7) is 0. The van der Waals surface area contributed by atoms with Crippen LogP contribution in [0.15, 0.2) is 47.4 Å². The Balaban J connectivity index is 2.03. The van der Waals surface area contributed by atoms with Crippen molar-refractivity contribution in [1.29, 1.82) is 0 Å². The van der Waals surface area contributed by atoms with Crippen LogP contribution in [-0.4, -0.2) is 8.76 Å². The van der Waals surface area contributed by atoms with E-state index in [-0.39, 0.29) is 0 Å². The second-order valence-electron chi connectivity index (χ2n) is 5.21. The molecule has 2 aromatic carbocycles. The van der Waals surface area contributed by atoms with E-state index < -0.39 is 11.1 Å². The summed E-state index contributed by atoms with van der Waals surface area (Å²) in [5.74, 6) is 0. The van der Waals surface area contributed by atoms with Gasteiger partial charge in [-0.05, 0) is 65.8 Å². The maximum atomic E-state index is 11.1. The summed E-state index contributed by atoms with van der Waals surface area (Å²) in [5.41, 5.74) is 4.73. The van der Waals surface area contributed by atoms with Crippen molar-refractivity contribution < 1.29 is 8.76 Å². The van der Waals surface area contributed by atoms with E-state index in [9.17, 15) is 4.21 Å². The average molecular weight is 353 g/mol. The van der Waals surface area contributed by atoms with Crippen molar-refractivity contribution in [2.45, 2.75) is 24.2 Å². The van der Waals surface area contributed by atoms with Crippen molar-refractivity contribution in [3.8, 4) is 0 Å². The maximum absolute atomic E-state index is 11.1. The van der Waals surface area contributed by atoms with Crippen LogP contribution in [0.3, 0.4) is 0 Å². The number of allylic oxidation sites excluding steroid dienone is 2. The Bertz CT molecular complexity index is 767. The Labute approximate surface area is 142 Å². The lowest BCUT2D eigenvalue weighted by Gasteiger charge is -2.10. The molecular weight excluding hydrogens is 339 g/mol. The van der Waals surface area contributed by atoms with Crippen LogP contribution in [0.1, 0.15) is 30.4 Å². The molecule has 0 saturated heterocycles. The molecule has 0 aliphatic heterocycles. The first-order valence-corrected chi connectivity index (χ1v) is 8.81. The molecule has 0 saturated carbocycles. The van der Waals surface area contributed by atoms with Crippen molar-refractivity contribution in [2.75, 3.05) is 0 Å². The van der Waals surface area contributed by atoms with Gasteiger partial charge in [0, 0.05) is 0 Å². The molecule has 5 heteroatoms. The van der Waals surface area contributed by atoms with Gasteiger partial charge >= 0.3 is 0 Å². The first-order valence-electron chi connectivity index (χ1n) is 6.95. The molecule has 1 aliphatic carbocycles. The van der Waals surface area contributed by atoms with Gasteiger partial charge in [0.2, 0.25) is 0 Å². The highest BCUT2D eigenvalue weighted by Crippen LogP contribution is 2.41. The van der Waals surface area contributed by atoms with Gasteiger partial charge < -0.3 is 4.55 Å². The van der Waals surface area contributed by atoms with Crippen LogP contribution in [0, 0.1) is 0 Å². The molecule has 1 atom stereocenters. The van der Waals surface area contributed by atoms with Crippen molar-refractivity contribution in [1.82, 2.24) is 0 Å². The highest BCUT2D eigenvalue weighted by molar-refractivity contribution is 7.79. The Hall–Kier alpha value is -1.13. The number of rotatable bonds is 3. The largest absolute Gasteiger partial charge is 0.302 e. The van der Waals surface area contributed by atoms with E-state index in [1.54, 1.807) is 12.1 Å². The molecule has 114 valence electrons. The van der Waals surface area contributed by atoms with Crippen molar-refractivity contribution in [3.63, 3.8) is 0 Å². The molecule has 0 aromatic heterocycles. The lowest BCUT2D eigenvalue weighted by atomic mass is 9.97. The molecular formula is C17H14Cl2O2S. The third-order valence-corrected chi connectivity index (χ3v) is 5.30. The molecule has 1 aliphatic rings. The van der Waals surface area contributed by atoms with Crippen LogP contribution in [0.2, 0.25) is 10.0 Å². The first kappa shape index (κ1) is 15.8. The predicted octanol–water partition coefficient (Wildman–Crippen LogP) is 5.67. The fraction of sp³-hybridized carbons (Fsp3) is 0.176. The van der Waals surface area contributed by atoms with E-state index >= 15 is 0 Å². The molecule has 0 fully saturated rings. The molecule has 2 nitrogen and oxygen atoms in total. The summed E-state index contributed by atoms with van der Waals surface area (Å²) in [7, 11) is 0. The Morgan fingerprint density at radius 2 is 1.45 bits per heavy atom. The summed E-state index contributed by atoms with van der Waals surface area (Å²) in [6, 6.07) is 12.9. The monoisotopic (exact) mass is 352 g/mol. The van der Waals surface area contributed by atoms with Gasteiger partial charge in [-0.3, -0.25) is 0 Å². The zero-order valence-corrected chi connectivity index (χ0v) is 14.0. The normalized spacial score (nSPS) is 16.1. The van der Waals surface area contributed by atoms with E-state index in [0.29, 0.717) is 14.9 Å². The van der Waals surface area contributed by atoms with Gasteiger partial charge in [0.25, 0.3) is 0 Å². The van der Waals surface area contributed by atoms with Crippen LogP contribution in [0.4, 0.5) is 0 Å². The van der Waals surface area contributed by atoms with Crippen molar-refractivity contribution in [3.05, 3.63) is 63.6 Å². The van der Waals surface area contributed by atoms with Gasteiger partial charge in [-0.1, -0.05) is 41.4 Å². The topological polar surface area (TPSA) is 37.3 Å². The van der Waals surface area contributed by atoms with Gasteiger partial charge in [0.15, 0.2) is 11.1 Å². The number of hydrogen-bond donors (Lipinski definition) is 1. The smallest absolute Gasteiger partial charge is 0.186 e. The van der Waals surface area contributed by atoms with Gasteiger partial charge in [-0.2, -0.15) is 0 Å². The second-order valence-corrected chi connectivity index (χ2v) is 7.00. The lowest BCUT2D eigenvalue weighted by molar-refractivity contribution is 0.564. The molecule has 1 unspecified atom stereocenters. The Kier molecular flexibility index (Phi) is 4.69. The second kappa shape index (κ2) is 6.55. The minimum Gasteiger partial charge on any atom is -0.302 e. The summed E-state index contributed by atoms with van der Waals surface area (Å²) in [4.78, 5) is 0.415. The summed E-state index contributed by atoms with van der Waals surface area (Å²) in [6.07, 6.45) is 3.09. The standard InChI is InChI=1S/C17H14Cl2O2S/c18-16-9-6-12(10-17(16)19)15-3-1-2-14(15)11-4-7-13(8-5-11)22(20)21/h4-10H,1-3H2,(H,20,21). The van der Waals surface area contributed by atoms with Gasteiger partial charge in [-0.15, -0.1) is 0 Å². The molecule has 0 amide bonds. The summed E-state index contributed by atoms with van der Waals surface area (Å²) < 4.78 is 20.2. The van der Waals surface area contributed by atoms with E-state index in [2.05, 4.69) is 0 Å². The van der Waals surface area contributed by atoms with Gasteiger partial charge in [0.05, 0.1) is 14.9 Å². The van der Waals surface area contributed by atoms with E-state index in [0.717, 1.165) is 30.4 Å². The lowest BCUT2D eigenvalue weighted by Crippen LogP contribution is -1.90. The number of benzene rings is 2. The number of hydrogen-bond acceptors (Lipinski definition) is 1. The minimum absolute atomic E-state index is 0.415. The molecule has 0 radical (unpaired) electrons. The number of halogens is 2. The fourth-order valence-corrected chi connectivity index (χ4v) is 3.50. The Morgan fingerprint density at radius 3 is 2.05 bits per heavy atom. The van der Waals surface area contributed by atoms with Gasteiger partial charge in [0.1, 0.15) is 0 Å². The predicted molar refractivity (Wildman–Crippen MR) is 92.6 cm³/mol. The quantitative estimate of drug-likeness (QED) is 0.722. The molecule has 2 aromatic rings. The molecule has 22 heavy (non-hydrogen) atoms. The zero-order chi connectivity index (χ0) is 15.7. The fourth-order valence-electron chi connectivity index (χ4n) is 2.84. The molecule has 3 rings (SSSR count). The van der Waals surface area contributed by atoms with Crippen LogP contribution in [0.25, 0.3) is 11.1 Å². The van der Waals surface area contributed by atoms with Crippen LogP contribution < -0.4 is 0 Å². The minimum atomic E-state index is -1.94. The van der Waals surface area contributed by atoms with Crippen molar-refractivity contribution in [2.24, 2.45) is 0 Å². The summed E-state index contributed by atoms with van der Waals surface area (Å²) >= 11 is 10.2. The zero-order valence-electron chi connectivity index (χ0n) is 11.7. The highest BCUT2D eigenvalue weighted by atomic mass is 35.5. The van der Waals surface area contributed by atoms with Crippen molar-refractivity contribution >= 4 is 45.4 Å². The maximum Gasteiger partial charge on any atom is 0.186 e. The molecule has 0 spiro atoms. The van der Waals surface area contributed by atoms with E-state index in [4.69, 9.17) is 27.8 Å². The van der Waals surface area contributed by atoms with Crippen LogP contribution in [0.5, 0.6) is 0 Å². The molecule has 1 N–H and O–H groups in total. The highest BCUT2D eigenvalue weighted by Gasteiger charge is 2.18. The van der Waals surface area contributed by atoms with Gasteiger partial charge in [-0.25, -0.2) is 4.21 Å². The molecule has 0 heterocycles. The average Bonchev–Trinajstić information content (AvgIpc) is 2.99. The van der Waals surface area contributed by atoms with Crippen LogP contribution in [-0.2, 0) is 11.1 Å². The van der Waals surface area contributed by atoms with E-state index in [1.165, 1.54) is 11.1 Å². The Morgan fingerprint density at radius 1 is 0.864 bits per heavy atom. The molecule has 0 bridgehead atoms. The summed E-state index contributed by atoms with van der Waals surface area (Å²) in [5, 5.41) is 1.12. The first-order chi connectivity index (χ1) is 10.6. The van der Waals surface area contributed by atoms with Crippen LogP contribution >= 0.6 is 23.2 Å². The third-order valence-electron chi connectivity index (χ3n) is 3.89.